The molecule has 2 aromatic carbocycles. The van der Waals surface area contributed by atoms with E-state index in [0.29, 0.717) is 17.3 Å². The summed E-state index contributed by atoms with van der Waals surface area (Å²) in [5.74, 6) is 0.205. The van der Waals surface area contributed by atoms with Crippen LogP contribution in [0.2, 0.25) is 5.02 Å². The topological polar surface area (TPSA) is 74.2 Å². The molecule has 0 saturated heterocycles. The Morgan fingerprint density at radius 2 is 1.92 bits per heavy atom. The molecule has 0 fully saturated rings. The van der Waals surface area contributed by atoms with E-state index in [4.69, 9.17) is 21.4 Å². The number of hydrogen-bond donors (Lipinski definition) is 2. The highest BCUT2D eigenvalue weighted by atomic mass is 35.5. The molecule has 6 nitrogen and oxygen atoms in total. The van der Waals surface area contributed by atoms with E-state index in [0.717, 1.165) is 11.3 Å². The monoisotopic (exact) mass is 361 g/mol. The van der Waals surface area contributed by atoms with E-state index in [1.54, 1.807) is 30.5 Å². The smallest absolute Gasteiger partial charge is 0.277 e. The molecule has 0 spiro atoms. The second kappa shape index (κ2) is 9.66. The van der Waals surface area contributed by atoms with Gasteiger partial charge in [0.2, 0.25) is 0 Å². The average Bonchev–Trinajstić information content (AvgIpc) is 2.62. The van der Waals surface area contributed by atoms with Gasteiger partial charge in [0, 0.05) is 24.3 Å². The molecule has 1 amide bonds. The number of aliphatic hydroxyl groups excluding tert-OH is 1. The quantitative estimate of drug-likeness (QED) is 0.559. The number of anilines is 1. The molecule has 0 aliphatic carbocycles. The molecular weight excluding hydrogens is 342 g/mol. The Hall–Kier alpha value is -2.57. The lowest BCUT2D eigenvalue weighted by molar-refractivity contribution is -0.123. The highest BCUT2D eigenvalue weighted by Gasteiger charge is 2.02. The van der Waals surface area contributed by atoms with Crippen LogP contribution >= 0.6 is 11.6 Å². The van der Waals surface area contributed by atoms with Crippen molar-refractivity contribution in [3.05, 3.63) is 59.1 Å². The zero-order chi connectivity index (χ0) is 18.1. The zero-order valence-corrected chi connectivity index (χ0v) is 14.6. The van der Waals surface area contributed by atoms with Crippen molar-refractivity contribution in [3.63, 3.8) is 0 Å². The van der Waals surface area contributed by atoms with E-state index in [1.165, 1.54) is 0 Å². The number of nitrogens with one attached hydrogen (secondary N) is 1. The number of carbonyl (C=O) groups is 1. The fourth-order valence-electron chi connectivity index (χ4n) is 1.98. The molecule has 0 aromatic heterocycles. The molecule has 2 N–H and O–H groups in total. The Balaban J connectivity index is 1.77. The number of aliphatic hydroxyl groups is 1. The molecule has 7 heteroatoms. The van der Waals surface area contributed by atoms with Crippen LogP contribution in [0.4, 0.5) is 5.69 Å². The van der Waals surface area contributed by atoms with Gasteiger partial charge in [0.25, 0.3) is 5.91 Å². The predicted octanol–water partition coefficient (Wildman–Crippen LogP) is 2.30. The van der Waals surface area contributed by atoms with Gasteiger partial charge in [-0.1, -0.05) is 23.7 Å². The molecule has 2 rings (SSSR count). The molecule has 2 aromatic rings. The Labute approximate surface area is 151 Å². The van der Waals surface area contributed by atoms with Gasteiger partial charge >= 0.3 is 0 Å². The molecule has 0 radical (unpaired) electrons. The summed E-state index contributed by atoms with van der Waals surface area (Å²) in [7, 11) is 1.90. The fourth-order valence-corrected chi connectivity index (χ4v) is 2.11. The Bertz CT molecular complexity index is 703. The second-order valence-corrected chi connectivity index (χ2v) is 5.71. The molecule has 132 valence electrons. The van der Waals surface area contributed by atoms with Crippen LogP contribution in [0.25, 0.3) is 0 Å². The van der Waals surface area contributed by atoms with Crippen molar-refractivity contribution in [2.24, 2.45) is 5.10 Å². The first-order valence-corrected chi connectivity index (χ1v) is 8.08. The van der Waals surface area contributed by atoms with Crippen LogP contribution < -0.4 is 15.1 Å². The summed E-state index contributed by atoms with van der Waals surface area (Å²) >= 11 is 5.78. The molecule has 0 heterocycles. The Morgan fingerprint density at radius 1 is 1.24 bits per heavy atom. The molecule has 0 saturated carbocycles. The average molecular weight is 362 g/mol. The van der Waals surface area contributed by atoms with E-state index < -0.39 is 0 Å². The number of amides is 1. The number of carbonyl (C=O) groups excluding carboxylic acids is 1. The largest absolute Gasteiger partial charge is 0.484 e. The maximum Gasteiger partial charge on any atom is 0.277 e. The molecule has 0 unspecified atom stereocenters. The minimum Gasteiger partial charge on any atom is -0.484 e. The Morgan fingerprint density at radius 3 is 2.56 bits per heavy atom. The van der Waals surface area contributed by atoms with Crippen LogP contribution in [0, 0.1) is 0 Å². The maximum absolute atomic E-state index is 11.7. The van der Waals surface area contributed by atoms with Gasteiger partial charge in [0.15, 0.2) is 6.61 Å². The van der Waals surface area contributed by atoms with E-state index in [9.17, 15) is 4.79 Å². The number of rotatable bonds is 8. The van der Waals surface area contributed by atoms with Crippen molar-refractivity contribution in [1.29, 1.82) is 0 Å². The highest BCUT2D eigenvalue weighted by molar-refractivity contribution is 6.30. The van der Waals surface area contributed by atoms with E-state index >= 15 is 0 Å². The third-order valence-electron chi connectivity index (χ3n) is 3.36. The van der Waals surface area contributed by atoms with Crippen LogP contribution in [0.5, 0.6) is 5.75 Å². The molecule has 0 bridgehead atoms. The second-order valence-electron chi connectivity index (χ2n) is 5.27. The van der Waals surface area contributed by atoms with Crippen LogP contribution in [-0.4, -0.2) is 44.0 Å². The summed E-state index contributed by atoms with van der Waals surface area (Å²) < 4.78 is 5.32. The number of halogens is 1. The normalized spacial score (nSPS) is 10.7. The molecular formula is C18H20ClN3O3. The van der Waals surface area contributed by atoms with Gasteiger partial charge < -0.3 is 14.7 Å². The molecule has 0 aliphatic heterocycles. The number of hydrazone groups is 1. The first-order chi connectivity index (χ1) is 12.1. The number of hydrogen-bond acceptors (Lipinski definition) is 5. The molecule has 0 aliphatic rings. The third-order valence-corrected chi connectivity index (χ3v) is 3.61. The van der Waals surface area contributed by atoms with E-state index in [-0.39, 0.29) is 19.1 Å². The summed E-state index contributed by atoms with van der Waals surface area (Å²) in [5, 5.41) is 13.4. The zero-order valence-electron chi connectivity index (χ0n) is 13.9. The van der Waals surface area contributed by atoms with Gasteiger partial charge in [-0.3, -0.25) is 4.79 Å². The Kier molecular flexibility index (Phi) is 7.25. The lowest BCUT2D eigenvalue weighted by Crippen LogP contribution is -2.24. The van der Waals surface area contributed by atoms with Gasteiger partial charge in [-0.2, -0.15) is 5.10 Å². The fraction of sp³-hybridized carbons (Fsp3) is 0.222. The van der Waals surface area contributed by atoms with Crippen molar-refractivity contribution in [2.45, 2.75) is 0 Å². The highest BCUT2D eigenvalue weighted by Crippen LogP contribution is 2.15. The minimum atomic E-state index is -0.356. The van der Waals surface area contributed by atoms with Crippen LogP contribution in [0.3, 0.4) is 0 Å². The standard InChI is InChI=1S/C18H20ClN3O3/c1-22(10-11-23)16-6-2-14(3-7-16)12-20-21-18(24)13-25-17-8-4-15(19)5-9-17/h2-9,12,23H,10-11,13H2,1H3,(H,21,24)/b20-12+. The van der Waals surface area contributed by atoms with Gasteiger partial charge in [0.05, 0.1) is 12.8 Å². The number of ether oxygens (including phenoxy) is 1. The summed E-state index contributed by atoms with van der Waals surface area (Å²) in [6.07, 6.45) is 1.55. The van der Waals surface area contributed by atoms with Gasteiger partial charge in [-0.05, 0) is 42.0 Å². The molecule has 25 heavy (non-hydrogen) atoms. The van der Waals surface area contributed by atoms with Crippen LogP contribution in [-0.2, 0) is 4.79 Å². The van der Waals surface area contributed by atoms with E-state index in [2.05, 4.69) is 10.5 Å². The van der Waals surface area contributed by atoms with Crippen molar-refractivity contribution >= 4 is 29.4 Å². The van der Waals surface area contributed by atoms with Crippen LogP contribution in [0.15, 0.2) is 53.6 Å². The maximum atomic E-state index is 11.7. The lowest BCUT2D eigenvalue weighted by atomic mass is 10.2. The minimum absolute atomic E-state index is 0.101. The molecule has 0 atom stereocenters. The lowest BCUT2D eigenvalue weighted by Gasteiger charge is -2.17. The summed E-state index contributed by atoms with van der Waals surface area (Å²) in [6, 6.07) is 14.3. The predicted molar refractivity (Wildman–Crippen MR) is 99.5 cm³/mol. The first-order valence-electron chi connectivity index (χ1n) is 7.71. The number of likely N-dealkylation sites (N-methyl/N-ethyl adjacent to an activating group) is 1. The SMILES string of the molecule is CN(CCO)c1ccc(/C=N/NC(=O)COc2ccc(Cl)cc2)cc1. The number of nitrogens with zero attached hydrogens (tertiary/aromatic N) is 2. The summed E-state index contributed by atoms with van der Waals surface area (Å²) in [5.41, 5.74) is 4.25. The van der Waals surface area contributed by atoms with Crippen molar-refractivity contribution in [1.82, 2.24) is 5.43 Å². The van der Waals surface area contributed by atoms with Crippen LogP contribution in [0.1, 0.15) is 5.56 Å². The van der Waals surface area contributed by atoms with Gasteiger partial charge in [-0.25, -0.2) is 5.43 Å². The van der Waals surface area contributed by atoms with Crippen molar-refractivity contribution in [3.8, 4) is 5.75 Å². The third kappa shape index (κ3) is 6.45. The van der Waals surface area contributed by atoms with Crippen molar-refractivity contribution in [2.75, 3.05) is 31.7 Å². The van der Waals surface area contributed by atoms with E-state index in [1.807, 2.05) is 36.2 Å². The summed E-state index contributed by atoms with van der Waals surface area (Å²) in [4.78, 5) is 13.6. The number of benzene rings is 2. The van der Waals surface area contributed by atoms with Crippen molar-refractivity contribution < 1.29 is 14.6 Å². The van der Waals surface area contributed by atoms with Gasteiger partial charge in [0.1, 0.15) is 5.75 Å². The first kappa shape index (κ1) is 18.8. The summed E-state index contributed by atoms with van der Waals surface area (Å²) in [6.45, 7) is 0.533. The van der Waals surface area contributed by atoms with Gasteiger partial charge in [-0.15, -0.1) is 0 Å².